The summed E-state index contributed by atoms with van der Waals surface area (Å²) in [6.07, 6.45) is 2.13. The first kappa shape index (κ1) is 21.1. The van der Waals surface area contributed by atoms with Crippen LogP contribution in [0.25, 0.3) is 11.0 Å². The average Bonchev–Trinajstić information content (AvgIpc) is 3.58. The molecule has 31 heavy (non-hydrogen) atoms. The summed E-state index contributed by atoms with van der Waals surface area (Å²) >= 11 is 0. The molecule has 164 valence electrons. The van der Waals surface area contributed by atoms with Gasteiger partial charge in [-0.25, -0.2) is 4.79 Å². The first-order valence-electron chi connectivity index (χ1n) is 9.93. The Bertz CT molecular complexity index is 1130. The highest BCUT2D eigenvalue weighted by Gasteiger charge is 2.30. The lowest BCUT2D eigenvalue weighted by Gasteiger charge is -2.23. The van der Waals surface area contributed by atoms with Crippen LogP contribution in [0.5, 0.6) is 17.2 Å². The van der Waals surface area contributed by atoms with Gasteiger partial charge < -0.3 is 18.6 Å². The fourth-order valence-corrected chi connectivity index (χ4v) is 3.68. The molecule has 0 radical (unpaired) electrons. The lowest BCUT2D eigenvalue weighted by atomic mass is 10.1. The molecule has 1 aliphatic carbocycles. The van der Waals surface area contributed by atoms with E-state index in [-0.39, 0.29) is 11.5 Å². The molecule has 0 unspecified atom stereocenters. The number of ether oxygens (including phenoxy) is 3. The van der Waals surface area contributed by atoms with Crippen LogP contribution in [0.1, 0.15) is 24.0 Å². The largest absolute Gasteiger partial charge is 0.497 e. The molecule has 4 rings (SSSR count). The van der Waals surface area contributed by atoms with Gasteiger partial charge in [0.25, 0.3) is 0 Å². The molecule has 8 heteroatoms. The van der Waals surface area contributed by atoms with Gasteiger partial charge >= 0.3 is 12.2 Å². The van der Waals surface area contributed by atoms with Gasteiger partial charge in [-0.3, -0.25) is 4.90 Å². The highest BCUT2D eigenvalue weighted by Crippen LogP contribution is 2.34. The Labute approximate surface area is 177 Å². The number of nitrogens with zero attached hydrogens (tertiary/aromatic N) is 1. The Kier molecular flexibility index (Phi) is 6.08. The van der Waals surface area contributed by atoms with Gasteiger partial charge in [0.1, 0.15) is 11.3 Å². The number of halogens is 2. The van der Waals surface area contributed by atoms with Crippen LogP contribution in [0, 0.1) is 0 Å². The van der Waals surface area contributed by atoms with E-state index in [0.717, 1.165) is 29.4 Å². The van der Waals surface area contributed by atoms with Gasteiger partial charge in [-0.1, -0.05) is 6.07 Å². The molecule has 1 aromatic heterocycles. The maximum Gasteiger partial charge on any atom is 0.387 e. The molecule has 0 N–H and O–H groups in total. The third kappa shape index (κ3) is 4.96. The van der Waals surface area contributed by atoms with Crippen molar-refractivity contribution in [2.75, 3.05) is 14.2 Å². The lowest BCUT2D eigenvalue weighted by molar-refractivity contribution is -0.0512. The van der Waals surface area contributed by atoms with Crippen molar-refractivity contribution in [1.29, 1.82) is 0 Å². The Morgan fingerprint density at radius 3 is 2.52 bits per heavy atom. The molecular weight excluding hydrogens is 408 g/mol. The van der Waals surface area contributed by atoms with Gasteiger partial charge in [0, 0.05) is 36.7 Å². The zero-order chi connectivity index (χ0) is 22.0. The fourth-order valence-electron chi connectivity index (χ4n) is 3.68. The van der Waals surface area contributed by atoms with Crippen LogP contribution in [-0.2, 0) is 13.1 Å². The molecule has 1 fully saturated rings. The molecule has 6 nitrogen and oxygen atoms in total. The summed E-state index contributed by atoms with van der Waals surface area (Å²) in [4.78, 5) is 14.4. The predicted molar refractivity (Wildman–Crippen MR) is 111 cm³/mol. The molecule has 1 saturated carbocycles. The number of fused-ring (bicyclic) bond motifs is 1. The van der Waals surface area contributed by atoms with Crippen molar-refractivity contribution >= 4 is 11.0 Å². The number of benzene rings is 2. The van der Waals surface area contributed by atoms with Crippen LogP contribution in [0.4, 0.5) is 8.78 Å². The summed E-state index contributed by atoms with van der Waals surface area (Å²) in [5.74, 6) is 0.872. The summed E-state index contributed by atoms with van der Waals surface area (Å²) < 4.78 is 45.5. The van der Waals surface area contributed by atoms with Gasteiger partial charge in [-0.2, -0.15) is 8.78 Å². The number of rotatable bonds is 9. The van der Waals surface area contributed by atoms with Crippen LogP contribution in [-0.4, -0.2) is 31.8 Å². The third-order valence-electron chi connectivity index (χ3n) is 5.30. The van der Waals surface area contributed by atoms with E-state index >= 15 is 0 Å². The second kappa shape index (κ2) is 8.93. The smallest absolute Gasteiger partial charge is 0.387 e. The van der Waals surface area contributed by atoms with Crippen LogP contribution < -0.4 is 19.8 Å². The molecule has 1 aliphatic rings. The van der Waals surface area contributed by atoms with Crippen molar-refractivity contribution < 1.29 is 27.4 Å². The maximum absolute atomic E-state index is 12.6. The summed E-state index contributed by atoms with van der Waals surface area (Å²) in [6, 6.07) is 12.3. The van der Waals surface area contributed by atoms with E-state index in [4.69, 9.17) is 13.9 Å². The van der Waals surface area contributed by atoms with E-state index in [0.29, 0.717) is 30.5 Å². The predicted octanol–water partition coefficient (Wildman–Crippen LogP) is 4.58. The summed E-state index contributed by atoms with van der Waals surface area (Å²) in [7, 11) is 2.98. The third-order valence-corrected chi connectivity index (χ3v) is 5.30. The van der Waals surface area contributed by atoms with Gasteiger partial charge in [0.15, 0.2) is 11.5 Å². The SMILES string of the molecule is COc1ccc2c(CN(Cc3ccc(OC(F)F)c(OC)c3)C3CC3)cc(=O)oc2c1. The number of methoxy groups -OCH3 is 2. The fraction of sp³-hybridized carbons (Fsp3) is 0.348. The van der Waals surface area contributed by atoms with E-state index in [1.54, 1.807) is 25.3 Å². The molecule has 1 heterocycles. The quantitative estimate of drug-likeness (QED) is 0.463. The molecule has 3 aromatic rings. The zero-order valence-electron chi connectivity index (χ0n) is 17.3. The van der Waals surface area contributed by atoms with Gasteiger partial charge in [0.05, 0.1) is 14.2 Å². The molecule has 0 bridgehead atoms. The van der Waals surface area contributed by atoms with Crippen molar-refractivity contribution in [1.82, 2.24) is 4.90 Å². The van der Waals surface area contributed by atoms with Gasteiger partial charge in [0.2, 0.25) is 0 Å². The van der Waals surface area contributed by atoms with Gasteiger partial charge in [-0.15, -0.1) is 0 Å². The van der Waals surface area contributed by atoms with Gasteiger partial charge in [-0.05, 0) is 48.2 Å². The summed E-state index contributed by atoms with van der Waals surface area (Å²) in [5.41, 5.74) is 1.83. The molecule has 0 saturated heterocycles. The minimum Gasteiger partial charge on any atom is -0.497 e. The number of hydrogen-bond donors (Lipinski definition) is 0. The van der Waals surface area contributed by atoms with Crippen LogP contribution in [0.3, 0.4) is 0 Å². The van der Waals surface area contributed by atoms with Crippen LogP contribution in [0.15, 0.2) is 51.7 Å². The van der Waals surface area contributed by atoms with Crippen molar-refractivity contribution in [2.24, 2.45) is 0 Å². The van der Waals surface area contributed by atoms with E-state index in [1.807, 2.05) is 12.1 Å². The van der Waals surface area contributed by atoms with Crippen molar-refractivity contribution in [2.45, 2.75) is 38.6 Å². The molecule has 0 amide bonds. The van der Waals surface area contributed by atoms with Crippen LogP contribution in [0.2, 0.25) is 0 Å². The normalized spacial score (nSPS) is 13.7. The second-order valence-corrected chi connectivity index (χ2v) is 7.45. The summed E-state index contributed by atoms with van der Waals surface area (Å²) in [6.45, 7) is -1.79. The minimum absolute atomic E-state index is 0.000157. The Morgan fingerprint density at radius 1 is 1.03 bits per heavy atom. The molecule has 0 spiro atoms. The zero-order valence-corrected chi connectivity index (χ0v) is 17.3. The first-order chi connectivity index (χ1) is 15.0. The molecule has 0 atom stereocenters. The minimum atomic E-state index is -2.92. The van der Waals surface area contributed by atoms with E-state index < -0.39 is 12.2 Å². The van der Waals surface area contributed by atoms with E-state index in [9.17, 15) is 13.6 Å². The Balaban J connectivity index is 1.60. The summed E-state index contributed by atoms with van der Waals surface area (Å²) in [5, 5.41) is 0.851. The van der Waals surface area contributed by atoms with Crippen molar-refractivity contribution in [3.05, 3.63) is 64.0 Å². The maximum atomic E-state index is 12.6. The standard InChI is InChI=1S/C23H23F2NO5/c1-28-17-6-7-18-15(10-22(27)30-20(18)11-17)13-26(16-4-5-16)12-14-3-8-19(31-23(24)25)21(9-14)29-2/h3,6-11,16,23H,4-5,12-13H2,1-2H3. The van der Waals surface area contributed by atoms with Crippen molar-refractivity contribution in [3.63, 3.8) is 0 Å². The highest BCUT2D eigenvalue weighted by atomic mass is 19.3. The number of alkyl halides is 2. The molecule has 0 aliphatic heterocycles. The van der Waals surface area contributed by atoms with E-state index in [1.165, 1.54) is 19.2 Å². The highest BCUT2D eigenvalue weighted by molar-refractivity contribution is 5.81. The molecule has 2 aromatic carbocycles. The van der Waals surface area contributed by atoms with Crippen LogP contribution >= 0.6 is 0 Å². The first-order valence-corrected chi connectivity index (χ1v) is 9.93. The molecular formula is C23H23F2NO5. The Hall–Kier alpha value is -3.13. The van der Waals surface area contributed by atoms with Crippen molar-refractivity contribution in [3.8, 4) is 17.2 Å². The Morgan fingerprint density at radius 2 is 1.84 bits per heavy atom. The number of hydrogen-bond acceptors (Lipinski definition) is 6. The topological polar surface area (TPSA) is 61.1 Å². The van der Waals surface area contributed by atoms with E-state index in [2.05, 4.69) is 9.64 Å². The second-order valence-electron chi connectivity index (χ2n) is 7.45. The monoisotopic (exact) mass is 431 g/mol. The lowest BCUT2D eigenvalue weighted by Crippen LogP contribution is -2.25. The average molecular weight is 431 g/mol.